The van der Waals surface area contributed by atoms with Gasteiger partial charge in [0.05, 0.1) is 11.7 Å². The smallest absolute Gasteiger partial charge is 0.371 e. The fourth-order valence-corrected chi connectivity index (χ4v) is 5.65. The number of β-lactam (4-membered cyclic amide) rings is 1. The fourth-order valence-electron chi connectivity index (χ4n) is 3.36. The molecule has 14 heteroatoms. The minimum atomic E-state index is -2.03. The van der Waals surface area contributed by atoms with Crippen molar-refractivity contribution in [2.45, 2.75) is 28.8 Å². The highest BCUT2D eigenvalue weighted by atomic mass is 32.2. The van der Waals surface area contributed by atoms with Crippen LogP contribution in [0.5, 0.6) is 0 Å². The lowest BCUT2D eigenvalue weighted by molar-refractivity contribution is -0.204. The average Bonchev–Trinajstić information content (AvgIpc) is 3.27. The van der Waals surface area contributed by atoms with Crippen LogP contribution in [0.25, 0.3) is 0 Å². The number of anilines is 1. The maximum atomic E-state index is 12.6. The van der Waals surface area contributed by atoms with Crippen molar-refractivity contribution < 1.29 is 33.9 Å². The molecule has 4 rings (SSSR count). The van der Waals surface area contributed by atoms with E-state index in [0.717, 1.165) is 28.0 Å². The molecule has 1 aromatic rings. The number of nitrogens with zero attached hydrogens (tertiary/aromatic N) is 3. The van der Waals surface area contributed by atoms with E-state index in [9.17, 15) is 24.3 Å². The van der Waals surface area contributed by atoms with Crippen molar-refractivity contribution in [1.82, 2.24) is 15.2 Å². The van der Waals surface area contributed by atoms with E-state index in [4.69, 9.17) is 10.5 Å². The van der Waals surface area contributed by atoms with Gasteiger partial charge in [-0.25, -0.2) is 9.78 Å². The van der Waals surface area contributed by atoms with E-state index in [1.807, 2.05) is 0 Å². The summed E-state index contributed by atoms with van der Waals surface area (Å²) in [4.78, 5) is 58.2. The van der Waals surface area contributed by atoms with Crippen LogP contribution in [0.2, 0.25) is 0 Å². The molecule has 0 saturated carbocycles. The van der Waals surface area contributed by atoms with Gasteiger partial charge in [-0.1, -0.05) is 5.16 Å². The molecular formula is C14H13N5O7S2. The predicted molar refractivity (Wildman–Crippen MR) is 95.1 cm³/mol. The van der Waals surface area contributed by atoms with Crippen LogP contribution in [0, 0.1) is 0 Å². The Bertz CT molecular complexity index is 933. The fraction of sp³-hybridized carbons (Fsp3) is 0.429. The summed E-state index contributed by atoms with van der Waals surface area (Å²) in [6.07, 6.45) is -0.133. The van der Waals surface area contributed by atoms with E-state index in [0.29, 0.717) is 0 Å². The lowest BCUT2D eigenvalue weighted by Gasteiger charge is -2.46. The molecule has 1 aromatic heterocycles. The van der Waals surface area contributed by atoms with Gasteiger partial charge in [0.25, 0.3) is 17.5 Å². The second-order valence-electron chi connectivity index (χ2n) is 6.05. The second kappa shape index (κ2) is 6.34. The first-order valence-corrected chi connectivity index (χ1v) is 9.69. The molecule has 0 bridgehead atoms. The number of nitrogens with one attached hydrogen (secondary N) is 1. The maximum Gasteiger partial charge on any atom is 0.371 e. The number of carboxylic acids is 1. The van der Waals surface area contributed by atoms with Crippen molar-refractivity contribution in [3.63, 3.8) is 0 Å². The van der Waals surface area contributed by atoms with Crippen LogP contribution in [-0.2, 0) is 28.8 Å². The van der Waals surface area contributed by atoms with Gasteiger partial charge < -0.3 is 25.7 Å². The van der Waals surface area contributed by atoms with E-state index in [1.165, 1.54) is 12.5 Å². The molecule has 3 saturated heterocycles. The molecular weight excluding hydrogens is 414 g/mol. The third kappa shape index (κ3) is 2.44. The summed E-state index contributed by atoms with van der Waals surface area (Å²) < 4.78 is 5.02. The second-order valence-corrected chi connectivity index (χ2v) is 8.26. The minimum Gasteiger partial charge on any atom is -0.477 e. The number of aromatic nitrogens is 1. The molecule has 4 N–H and O–H groups in total. The largest absolute Gasteiger partial charge is 0.477 e. The van der Waals surface area contributed by atoms with Crippen molar-refractivity contribution in [1.29, 1.82) is 0 Å². The molecule has 3 fully saturated rings. The van der Waals surface area contributed by atoms with Gasteiger partial charge in [-0.05, 0) is 0 Å². The Balaban J connectivity index is 1.54. The molecule has 3 aliphatic heterocycles. The number of hydrogen-bond acceptors (Lipinski definition) is 11. The maximum absolute atomic E-state index is 12.6. The molecule has 0 aromatic carbocycles. The van der Waals surface area contributed by atoms with Gasteiger partial charge in [0.1, 0.15) is 24.2 Å². The number of ether oxygens (including phenoxy) is 1. The van der Waals surface area contributed by atoms with Gasteiger partial charge in [0.2, 0.25) is 0 Å². The van der Waals surface area contributed by atoms with Gasteiger partial charge >= 0.3 is 11.9 Å². The van der Waals surface area contributed by atoms with Gasteiger partial charge in [-0.15, -0.1) is 23.1 Å². The number of carbonyl (C=O) groups excluding carboxylic acids is 3. The van der Waals surface area contributed by atoms with Gasteiger partial charge in [0.15, 0.2) is 10.8 Å². The quantitative estimate of drug-likeness (QED) is 0.219. The lowest BCUT2D eigenvalue weighted by atomic mass is 9.98. The number of nitrogens with two attached hydrogens (primary N) is 1. The number of carbonyl (C=O) groups is 4. The summed E-state index contributed by atoms with van der Waals surface area (Å²) in [5, 5.41) is 16.0. The van der Waals surface area contributed by atoms with Crippen molar-refractivity contribution in [2.75, 3.05) is 12.8 Å². The minimum absolute atomic E-state index is 0.133. The lowest BCUT2D eigenvalue weighted by Crippen LogP contribution is -2.75. The highest BCUT2D eigenvalue weighted by molar-refractivity contribution is 8.01. The zero-order chi connectivity index (χ0) is 20.2. The van der Waals surface area contributed by atoms with Crippen molar-refractivity contribution in [3.05, 3.63) is 11.1 Å². The van der Waals surface area contributed by atoms with E-state index in [2.05, 4.69) is 20.3 Å². The van der Waals surface area contributed by atoms with Crippen molar-refractivity contribution in [3.8, 4) is 0 Å². The number of hydrogen-bond donors (Lipinski definition) is 3. The molecule has 2 amide bonds. The Morgan fingerprint density at radius 3 is 2.89 bits per heavy atom. The standard InChI is InChI=1S/C14H13N5O7S2/c1-25-18-7(4-3-27-13(15)16-4)9(21)17-8-10(22)19-11(8)28-5-2-6(20)26-14(5,19)12(23)24/h3,5,8,11H,2H2,1H3,(H2,15,16)(H,17,21)(H,23,24)/b18-7-/t5-,8-,11-,14-/m1/s1. The molecule has 4 heterocycles. The molecule has 0 radical (unpaired) electrons. The first-order valence-electron chi connectivity index (χ1n) is 7.87. The number of fused-ring (bicyclic) bond motifs is 3. The third-order valence-electron chi connectivity index (χ3n) is 4.52. The molecule has 12 nitrogen and oxygen atoms in total. The Labute approximate surface area is 165 Å². The van der Waals surface area contributed by atoms with Crippen LogP contribution in [0.1, 0.15) is 12.1 Å². The molecule has 0 unspecified atom stereocenters. The first kappa shape index (κ1) is 18.5. The molecule has 3 aliphatic rings. The molecule has 28 heavy (non-hydrogen) atoms. The number of carboxylic acid groups (broad SMARTS) is 1. The van der Waals surface area contributed by atoms with Crippen LogP contribution in [-0.4, -0.2) is 74.0 Å². The van der Waals surface area contributed by atoms with Crippen LogP contribution in [0.15, 0.2) is 10.5 Å². The van der Waals surface area contributed by atoms with Crippen LogP contribution < -0.4 is 11.1 Å². The van der Waals surface area contributed by atoms with Gasteiger partial charge in [0, 0.05) is 5.38 Å². The number of thiazole rings is 1. The Hall–Kier alpha value is -2.87. The molecule has 148 valence electrons. The van der Waals surface area contributed by atoms with E-state index in [1.54, 1.807) is 0 Å². The number of esters is 1. The summed E-state index contributed by atoms with van der Waals surface area (Å²) in [5.41, 5.74) is 3.54. The zero-order valence-corrected chi connectivity index (χ0v) is 15.8. The highest BCUT2D eigenvalue weighted by Crippen LogP contribution is 2.55. The Morgan fingerprint density at radius 1 is 1.54 bits per heavy atom. The number of oxime groups is 1. The Morgan fingerprint density at radius 2 is 2.29 bits per heavy atom. The van der Waals surface area contributed by atoms with Crippen LogP contribution in [0.3, 0.4) is 0 Å². The first-order chi connectivity index (χ1) is 13.3. The summed E-state index contributed by atoms with van der Waals surface area (Å²) in [6.45, 7) is 0. The number of amides is 2. The summed E-state index contributed by atoms with van der Waals surface area (Å²) >= 11 is 2.20. The van der Waals surface area contributed by atoms with Crippen molar-refractivity contribution >= 4 is 57.7 Å². The Kier molecular flexibility index (Phi) is 4.19. The van der Waals surface area contributed by atoms with Gasteiger partial charge in [-0.2, -0.15) is 0 Å². The zero-order valence-electron chi connectivity index (χ0n) is 14.1. The molecule has 4 atom stereocenters. The number of aliphatic carboxylic acids is 1. The average molecular weight is 427 g/mol. The normalized spacial score (nSPS) is 31.0. The summed E-state index contributed by atoms with van der Waals surface area (Å²) in [7, 11) is 1.25. The SMILES string of the molecule is CO/N=C(\C(=O)N[C@@H]1C(=O)N2[C@@H]1S[C@@H]1CC(=O)O[C@@]12C(=O)O)c1csc(N)n1. The highest BCUT2D eigenvalue weighted by Gasteiger charge is 2.75. The molecule has 0 aliphatic carbocycles. The van der Waals surface area contributed by atoms with E-state index in [-0.39, 0.29) is 23.0 Å². The monoisotopic (exact) mass is 427 g/mol. The van der Waals surface area contributed by atoms with E-state index < -0.39 is 46.1 Å². The number of nitrogen functional groups attached to an aromatic ring is 1. The number of rotatable bonds is 5. The van der Waals surface area contributed by atoms with E-state index >= 15 is 0 Å². The number of thioether (sulfide) groups is 1. The summed E-state index contributed by atoms with van der Waals surface area (Å²) in [5.74, 6) is -3.51. The van der Waals surface area contributed by atoms with Crippen LogP contribution >= 0.6 is 23.1 Å². The van der Waals surface area contributed by atoms with Crippen molar-refractivity contribution in [2.24, 2.45) is 5.16 Å². The predicted octanol–water partition coefficient (Wildman–Crippen LogP) is -1.43. The summed E-state index contributed by atoms with van der Waals surface area (Å²) in [6, 6.07) is -1.00. The molecule has 0 spiro atoms. The van der Waals surface area contributed by atoms with Gasteiger partial charge in [-0.3, -0.25) is 19.3 Å². The third-order valence-corrected chi connectivity index (χ3v) is 6.77. The van der Waals surface area contributed by atoms with Crippen LogP contribution in [0.4, 0.5) is 5.13 Å². The topological polar surface area (TPSA) is 174 Å².